The van der Waals surface area contributed by atoms with Crippen molar-refractivity contribution >= 4 is 0 Å². The molecule has 0 saturated carbocycles. The Bertz CT molecular complexity index is 179. The number of piperidine rings is 1. The molecule has 1 saturated heterocycles. The second-order valence-electron chi connectivity index (χ2n) is 4.34. The molecule has 1 rings (SSSR count). The van der Waals surface area contributed by atoms with Gasteiger partial charge in [0.05, 0.1) is 0 Å². The third-order valence-electron chi connectivity index (χ3n) is 3.28. The second kappa shape index (κ2) is 5.52. The fourth-order valence-electron chi connectivity index (χ4n) is 2.40. The van der Waals surface area contributed by atoms with Gasteiger partial charge in [-0.25, -0.2) is 0 Å². The van der Waals surface area contributed by atoms with E-state index in [2.05, 4.69) is 37.6 Å². The quantitative estimate of drug-likeness (QED) is 0.692. The normalized spacial score (nSPS) is 31.4. The van der Waals surface area contributed by atoms with Crippen molar-refractivity contribution in [3.8, 4) is 0 Å². The van der Waals surface area contributed by atoms with Crippen molar-refractivity contribution in [2.45, 2.75) is 51.7 Å². The van der Waals surface area contributed by atoms with Crippen LogP contribution in [0.5, 0.6) is 0 Å². The standard InChI is InChI=1S/C12H24N2/c1-5-10(3)14-8-7-12(13-6-2)9-11(14)4/h5,10-13H,1,6-9H2,2-4H3. The van der Waals surface area contributed by atoms with Gasteiger partial charge in [-0.3, -0.25) is 4.90 Å². The molecule has 1 aliphatic heterocycles. The van der Waals surface area contributed by atoms with Gasteiger partial charge >= 0.3 is 0 Å². The molecular formula is C12H24N2. The van der Waals surface area contributed by atoms with Gasteiger partial charge in [-0.15, -0.1) is 6.58 Å². The van der Waals surface area contributed by atoms with Gasteiger partial charge in [-0.1, -0.05) is 13.0 Å². The molecule has 1 aliphatic rings. The van der Waals surface area contributed by atoms with Crippen LogP contribution >= 0.6 is 0 Å². The molecule has 0 aliphatic carbocycles. The summed E-state index contributed by atoms with van der Waals surface area (Å²) in [5.74, 6) is 0. The number of hydrogen-bond acceptors (Lipinski definition) is 2. The van der Waals surface area contributed by atoms with Crippen LogP contribution < -0.4 is 5.32 Å². The third kappa shape index (κ3) is 2.82. The summed E-state index contributed by atoms with van der Waals surface area (Å²) >= 11 is 0. The Balaban J connectivity index is 2.43. The maximum Gasteiger partial charge on any atom is 0.0250 e. The van der Waals surface area contributed by atoms with E-state index in [9.17, 15) is 0 Å². The largest absolute Gasteiger partial charge is 0.314 e. The number of rotatable bonds is 4. The Hall–Kier alpha value is -0.340. The number of hydrogen-bond donors (Lipinski definition) is 1. The molecule has 1 fully saturated rings. The molecule has 0 bridgehead atoms. The second-order valence-corrected chi connectivity index (χ2v) is 4.34. The van der Waals surface area contributed by atoms with E-state index in [0.717, 1.165) is 12.6 Å². The minimum absolute atomic E-state index is 0.521. The van der Waals surface area contributed by atoms with Gasteiger partial charge in [0.15, 0.2) is 0 Å². The molecule has 1 N–H and O–H groups in total. The fraction of sp³-hybridized carbons (Fsp3) is 0.833. The van der Waals surface area contributed by atoms with Gasteiger partial charge in [0.1, 0.15) is 0 Å². The van der Waals surface area contributed by atoms with Gasteiger partial charge < -0.3 is 5.32 Å². The first kappa shape index (κ1) is 11.7. The summed E-state index contributed by atoms with van der Waals surface area (Å²) in [6.45, 7) is 12.9. The highest BCUT2D eigenvalue weighted by Crippen LogP contribution is 2.19. The van der Waals surface area contributed by atoms with Crippen molar-refractivity contribution in [3.05, 3.63) is 12.7 Å². The van der Waals surface area contributed by atoms with Gasteiger partial charge in [0.2, 0.25) is 0 Å². The fourth-order valence-corrected chi connectivity index (χ4v) is 2.40. The van der Waals surface area contributed by atoms with E-state index in [-0.39, 0.29) is 0 Å². The van der Waals surface area contributed by atoms with Crippen LogP contribution in [0.25, 0.3) is 0 Å². The van der Waals surface area contributed by atoms with Crippen LogP contribution in [-0.4, -0.2) is 36.1 Å². The van der Waals surface area contributed by atoms with Crippen molar-refractivity contribution in [3.63, 3.8) is 0 Å². The van der Waals surface area contributed by atoms with Gasteiger partial charge in [-0.2, -0.15) is 0 Å². The van der Waals surface area contributed by atoms with E-state index in [4.69, 9.17) is 0 Å². The molecule has 0 amide bonds. The minimum Gasteiger partial charge on any atom is -0.314 e. The van der Waals surface area contributed by atoms with Crippen LogP contribution in [0.1, 0.15) is 33.6 Å². The van der Waals surface area contributed by atoms with E-state index in [1.54, 1.807) is 0 Å². The van der Waals surface area contributed by atoms with E-state index in [1.807, 2.05) is 6.08 Å². The first-order valence-electron chi connectivity index (χ1n) is 5.80. The van der Waals surface area contributed by atoms with E-state index in [1.165, 1.54) is 19.4 Å². The smallest absolute Gasteiger partial charge is 0.0250 e. The van der Waals surface area contributed by atoms with Gasteiger partial charge in [-0.05, 0) is 33.2 Å². The lowest BCUT2D eigenvalue weighted by atomic mass is 9.96. The van der Waals surface area contributed by atoms with Crippen molar-refractivity contribution in [2.24, 2.45) is 0 Å². The summed E-state index contributed by atoms with van der Waals surface area (Å²) in [5, 5.41) is 3.54. The lowest BCUT2D eigenvalue weighted by Crippen LogP contribution is -2.50. The summed E-state index contributed by atoms with van der Waals surface area (Å²) < 4.78 is 0. The lowest BCUT2D eigenvalue weighted by Gasteiger charge is -2.40. The molecule has 1 heterocycles. The first-order valence-corrected chi connectivity index (χ1v) is 5.80. The van der Waals surface area contributed by atoms with Crippen molar-refractivity contribution < 1.29 is 0 Å². The highest BCUT2D eigenvalue weighted by molar-refractivity contribution is 4.91. The molecule has 2 nitrogen and oxygen atoms in total. The number of nitrogens with one attached hydrogen (secondary N) is 1. The number of likely N-dealkylation sites (tertiary alicyclic amines) is 1. The molecule has 0 aromatic carbocycles. The highest BCUT2D eigenvalue weighted by atomic mass is 15.2. The van der Waals surface area contributed by atoms with Crippen LogP contribution in [0.4, 0.5) is 0 Å². The van der Waals surface area contributed by atoms with Crippen molar-refractivity contribution in [2.75, 3.05) is 13.1 Å². The van der Waals surface area contributed by atoms with Crippen LogP contribution in [0.3, 0.4) is 0 Å². The summed E-state index contributed by atoms with van der Waals surface area (Å²) in [6.07, 6.45) is 4.59. The maximum atomic E-state index is 3.87. The van der Waals surface area contributed by atoms with E-state index >= 15 is 0 Å². The Morgan fingerprint density at radius 1 is 1.64 bits per heavy atom. The SMILES string of the molecule is C=CC(C)N1CCC(NCC)CC1C. The monoisotopic (exact) mass is 196 g/mol. The summed E-state index contributed by atoms with van der Waals surface area (Å²) in [5.41, 5.74) is 0. The molecule has 0 aromatic rings. The molecule has 0 aromatic heterocycles. The molecule has 3 unspecified atom stereocenters. The summed E-state index contributed by atoms with van der Waals surface area (Å²) in [7, 11) is 0. The third-order valence-corrected chi connectivity index (χ3v) is 3.28. The molecule has 3 atom stereocenters. The van der Waals surface area contributed by atoms with Crippen LogP contribution in [-0.2, 0) is 0 Å². The molecule has 2 heteroatoms. The lowest BCUT2D eigenvalue weighted by molar-refractivity contribution is 0.116. The van der Waals surface area contributed by atoms with E-state index in [0.29, 0.717) is 12.1 Å². The molecule has 0 radical (unpaired) electrons. The molecule has 82 valence electrons. The Morgan fingerprint density at radius 3 is 2.86 bits per heavy atom. The Labute approximate surface area is 88.4 Å². The van der Waals surface area contributed by atoms with Crippen LogP contribution in [0.2, 0.25) is 0 Å². The van der Waals surface area contributed by atoms with Crippen molar-refractivity contribution in [1.82, 2.24) is 10.2 Å². The first-order chi connectivity index (χ1) is 6.69. The maximum absolute atomic E-state index is 3.87. The average molecular weight is 196 g/mol. The molecular weight excluding hydrogens is 172 g/mol. The number of nitrogens with zero attached hydrogens (tertiary/aromatic N) is 1. The van der Waals surface area contributed by atoms with Gasteiger partial charge in [0, 0.05) is 24.7 Å². The van der Waals surface area contributed by atoms with Crippen LogP contribution in [0.15, 0.2) is 12.7 Å². The summed E-state index contributed by atoms with van der Waals surface area (Å²) in [6, 6.07) is 1.93. The zero-order chi connectivity index (χ0) is 10.6. The van der Waals surface area contributed by atoms with Crippen LogP contribution in [0, 0.1) is 0 Å². The Morgan fingerprint density at radius 2 is 2.36 bits per heavy atom. The molecule has 14 heavy (non-hydrogen) atoms. The Kier molecular flexibility index (Phi) is 4.63. The molecule has 0 spiro atoms. The minimum atomic E-state index is 0.521. The van der Waals surface area contributed by atoms with E-state index < -0.39 is 0 Å². The average Bonchev–Trinajstić information content (AvgIpc) is 2.17. The zero-order valence-corrected chi connectivity index (χ0v) is 9.79. The predicted molar refractivity (Wildman–Crippen MR) is 62.5 cm³/mol. The van der Waals surface area contributed by atoms with Gasteiger partial charge in [0.25, 0.3) is 0 Å². The topological polar surface area (TPSA) is 15.3 Å². The summed E-state index contributed by atoms with van der Waals surface area (Å²) in [4.78, 5) is 2.54. The highest BCUT2D eigenvalue weighted by Gasteiger charge is 2.26. The predicted octanol–water partition coefficient (Wildman–Crippen LogP) is 2.02. The van der Waals surface area contributed by atoms with Crippen molar-refractivity contribution in [1.29, 1.82) is 0 Å². The zero-order valence-electron chi connectivity index (χ0n) is 9.79.